The summed E-state index contributed by atoms with van der Waals surface area (Å²) in [6.07, 6.45) is 0. The molecule has 0 radical (unpaired) electrons. The Morgan fingerprint density at radius 2 is 2.06 bits per heavy atom. The van der Waals surface area contributed by atoms with E-state index in [1.807, 2.05) is 0 Å². The number of carbonyl (C=O) groups excluding carboxylic acids is 1. The highest BCUT2D eigenvalue weighted by Gasteiger charge is 2.17. The van der Waals surface area contributed by atoms with Gasteiger partial charge in [-0.05, 0) is 26.1 Å². The number of nitrogens with one attached hydrogen (secondary N) is 3. The van der Waals surface area contributed by atoms with Crippen LogP contribution in [0.1, 0.15) is 12.7 Å². The number of likely N-dealkylation sites (N-methyl/N-ethyl adjacent to an activating group) is 1. The van der Waals surface area contributed by atoms with Gasteiger partial charge in [0.15, 0.2) is 0 Å². The van der Waals surface area contributed by atoms with E-state index >= 15 is 0 Å². The van der Waals surface area contributed by atoms with Gasteiger partial charge in [-0.1, -0.05) is 0 Å². The molecule has 102 valence electrons. The van der Waals surface area contributed by atoms with E-state index in [4.69, 9.17) is 4.42 Å². The average Bonchev–Trinajstić information content (AvgIpc) is 2.84. The third-order valence-corrected chi connectivity index (χ3v) is 3.68. The summed E-state index contributed by atoms with van der Waals surface area (Å²) in [5.41, 5.74) is 0. The van der Waals surface area contributed by atoms with E-state index in [1.54, 1.807) is 20.0 Å². The van der Waals surface area contributed by atoms with Crippen molar-refractivity contribution in [2.45, 2.75) is 24.6 Å². The first-order chi connectivity index (χ1) is 8.40. The van der Waals surface area contributed by atoms with Crippen LogP contribution in [-0.4, -0.2) is 34.5 Å². The predicted octanol–water partition coefficient (Wildman–Crippen LogP) is -0.588. The number of hydrogen-bond donors (Lipinski definition) is 3. The van der Waals surface area contributed by atoms with Crippen molar-refractivity contribution in [1.29, 1.82) is 0 Å². The Morgan fingerprint density at radius 1 is 1.39 bits per heavy atom. The molecule has 1 heterocycles. The highest BCUT2D eigenvalue weighted by atomic mass is 32.2. The monoisotopic (exact) mass is 275 g/mol. The Hall–Kier alpha value is -1.38. The zero-order valence-corrected chi connectivity index (χ0v) is 11.3. The molecule has 1 amide bonds. The Labute approximate surface area is 106 Å². The zero-order valence-electron chi connectivity index (χ0n) is 10.5. The summed E-state index contributed by atoms with van der Waals surface area (Å²) < 4.78 is 30.2. The van der Waals surface area contributed by atoms with Gasteiger partial charge in [-0.15, -0.1) is 0 Å². The molecular weight excluding hydrogens is 258 g/mol. The largest absolute Gasteiger partial charge is 0.447 e. The molecule has 0 aliphatic carbocycles. The maximum Gasteiger partial charge on any atom is 0.273 e. The number of rotatable bonds is 6. The van der Waals surface area contributed by atoms with Crippen LogP contribution in [0.15, 0.2) is 21.6 Å². The van der Waals surface area contributed by atoms with Gasteiger partial charge in [0, 0.05) is 7.05 Å². The van der Waals surface area contributed by atoms with Crippen molar-refractivity contribution >= 4 is 15.9 Å². The maximum absolute atomic E-state index is 11.4. The standard InChI is InChI=1S/C10H17N3O4S/c1-7(10(14)11-2)13-6-8-4-5-9(17-8)18(15,16)12-3/h4-5,7,12-13H,6H2,1-3H3,(H,11,14). The minimum Gasteiger partial charge on any atom is -0.447 e. The van der Waals surface area contributed by atoms with E-state index in [0.29, 0.717) is 5.76 Å². The molecule has 1 rings (SSSR count). The van der Waals surface area contributed by atoms with Gasteiger partial charge in [0.05, 0.1) is 12.6 Å². The predicted molar refractivity (Wildman–Crippen MR) is 65.3 cm³/mol. The molecule has 0 saturated carbocycles. The first-order valence-corrected chi connectivity index (χ1v) is 6.86. The maximum atomic E-state index is 11.4. The lowest BCUT2D eigenvalue weighted by molar-refractivity contribution is -0.122. The zero-order chi connectivity index (χ0) is 13.8. The van der Waals surface area contributed by atoms with Gasteiger partial charge in [0.1, 0.15) is 5.76 Å². The van der Waals surface area contributed by atoms with Gasteiger partial charge in [-0.3, -0.25) is 10.1 Å². The summed E-state index contributed by atoms with van der Waals surface area (Å²) in [5.74, 6) is 0.296. The highest BCUT2D eigenvalue weighted by molar-refractivity contribution is 7.89. The lowest BCUT2D eigenvalue weighted by Crippen LogP contribution is -2.40. The third-order valence-electron chi connectivity index (χ3n) is 2.39. The van der Waals surface area contributed by atoms with E-state index in [1.165, 1.54) is 13.1 Å². The van der Waals surface area contributed by atoms with Gasteiger partial charge < -0.3 is 9.73 Å². The molecule has 8 heteroatoms. The van der Waals surface area contributed by atoms with Crippen LogP contribution in [0.2, 0.25) is 0 Å². The fourth-order valence-corrected chi connectivity index (χ4v) is 1.93. The van der Waals surface area contributed by atoms with Crippen LogP contribution in [0, 0.1) is 0 Å². The van der Waals surface area contributed by atoms with Crippen LogP contribution in [0.25, 0.3) is 0 Å². The Balaban J connectivity index is 2.63. The number of carbonyl (C=O) groups is 1. The summed E-state index contributed by atoms with van der Waals surface area (Å²) in [4.78, 5) is 11.2. The normalized spacial score (nSPS) is 13.3. The van der Waals surface area contributed by atoms with Gasteiger partial charge in [0.25, 0.3) is 10.0 Å². The van der Waals surface area contributed by atoms with Crippen molar-refractivity contribution in [1.82, 2.24) is 15.4 Å². The summed E-state index contributed by atoms with van der Waals surface area (Å²) in [6, 6.07) is 2.53. The minimum atomic E-state index is -3.56. The second-order valence-electron chi connectivity index (χ2n) is 3.65. The van der Waals surface area contributed by atoms with Crippen LogP contribution in [0.4, 0.5) is 0 Å². The average molecular weight is 275 g/mol. The van der Waals surface area contributed by atoms with Crippen LogP contribution < -0.4 is 15.4 Å². The van der Waals surface area contributed by atoms with Crippen molar-refractivity contribution in [3.05, 3.63) is 17.9 Å². The van der Waals surface area contributed by atoms with E-state index in [9.17, 15) is 13.2 Å². The molecule has 1 aromatic rings. The smallest absolute Gasteiger partial charge is 0.273 e. The minimum absolute atomic E-state index is 0.144. The molecule has 0 fully saturated rings. The van der Waals surface area contributed by atoms with Crippen LogP contribution in [0.3, 0.4) is 0 Å². The molecule has 0 bridgehead atoms. The second-order valence-corrected chi connectivity index (χ2v) is 5.46. The molecular formula is C10H17N3O4S. The molecule has 7 nitrogen and oxygen atoms in total. The Kier molecular flexibility index (Phi) is 4.88. The summed E-state index contributed by atoms with van der Waals surface area (Å²) >= 11 is 0. The number of sulfonamides is 1. The lowest BCUT2D eigenvalue weighted by atomic mass is 10.3. The van der Waals surface area contributed by atoms with Crippen molar-refractivity contribution in [2.75, 3.05) is 14.1 Å². The SMILES string of the molecule is CNC(=O)C(C)NCc1ccc(S(=O)(=O)NC)o1. The van der Waals surface area contributed by atoms with Crippen molar-refractivity contribution in [2.24, 2.45) is 0 Å². The molecule has 0 aliphatic heterocycles. The molecule has 1 aromatic heterocycles. The van der Waals surface area contributed by atoms with E-state index < -0.39 is 10.0 Å². The quantitative estimate of drug-likeness (QED) is 0.644. The molecule has 0 saturated heterocycles. The van der Waals surface area contributed by atoms with Crippen molar-refractivity contribution in [3.8, 4) is 0 Å². The van der Waals surface area contributed by atoms with Crippen LogP contribution in [-0.2, 0) is 21.4 Å². The fourth-order valence-electron chi connectivity index (χ4n) is 1.26. The third kappa shape index (κ3) is 3.56. The Bertz CT molecular complexity index is 509. The van der Waals surface area contributed by atoms with E-state index in [0.717, 1.165) is 0 Å². The van der Waals surface area contributed by atoms with Crippen molar-refractivity contribution < 1.29 is 17.6 Å². The van der Waals surface area contributed by atoms with E-state index in [-0.39, 0.29) is 23.6 Å². The second kappa shape index (κ2) is 5.98. The molecule has 1 atom stereocenters. The molecule has 1 unspecified atom stereocenters. The van der Waals surface area contributed by atoms with Gasteiger partial charge in [-0.25, -0.2) is 13.1 Å². The number of hydrogen-bond acceptors (Lipinski definition) is 5. The topological polar surface area (TPSA) is 100 Å². The van der Waals surface area contributed by atoms with Crippen LogP contribution >= 0.6 is 0 Å². The molecule has 0 spiro atoms. The van der Waals surface area contributed by atoms with Gasteiger partial charge in [-0.2, -0.15) is 0 Å². The fraction of sp³-hybridized carbons (Fsp3) is 0.500. The van der Waals surface area contributed by atoms with Crippen LogP contribution in [0.5, 0.6) is 0 Å². The van der Waals surface area contributed by atoms with Gasteiger partial charge >= 0.3 is 0 Å². The summed E-state index contributed by atoms with van der Waals surface area (Å²) in [6.45, 7) is 1.97. The summed E-state index contributed by atoms with van der Waals surface area (Å²) in [5, 5.41) is 5.27. The van der Waals surface area contributed by atoms with Gasteiger partial charge in [0.2, 0.25) is 11.0 Å². The Morgan fingerprint density at radius 3 is 2.61 bits per heavy atom. The number of furan rings is 1. The van der Waals surface area contributed by atoms with Crippen molar-refractivity contribution in [3.63, 3.8) is 0 Å². The molecule has 18 heavy (non-hydrogen) atoms. The van der Waals surface area contributed by atoms with E-state index in [2.05, 4.69) is 15.4 Å². The lowest BCUT2D eigenvalue weighted by Gasteiger charge is -2.10. The highest BCUT2D eigenvalue weighted by Crippen LogP contribution is 2.13. The first kappa shape index (κ1) is 14.7. The molecule has 0 aliphatic rings. The first-order valence-electron chi connectivity index (χ1n) is 5.38. The summed E-state index contributed by atoms with van der Waals surface area (Å²) in [7, 11) is -0.705. The number of amides is 1. The molecule has 3 N–H and O–H groups in total. The molecule has 0 aromatic carbocycles.